The maximum atomic E-state index is 9.03. The van der Waals surface area contributed by atoms with Crippen LogP contribution in [0.1, 0.15) is 11.3 Å². The van der Waals surface area contributed by atoms with Gasteiger partial charge in [-0.2, -0.15) is 5.26 Å². The number of hydrogen-bond donors (Lipinski definition) is 0. The number of nitriles is 1. The van der Waals surface area contributed by atoms with Crippen LogP contribution in [0.3, 0.4) is 0 Å². The maximum absolute atomic E-state index is 9.03. The number of pyridine rings is 2. The van der Waals surface area contributed by atoms with Crippen molar-refractivity contribution in [2.45, 2.75) is 13.3 Å². The van der Waals surface area contributed by atoms with Gasteiger partial charge < -0.3 is 4.40 Å². The fourth-order valence-electron chi connectivity index (χ4n) is 2.15. The molecular weight excluding hydrogens is 236 g/mol. The molecule has 4 heteroatoms. The third-order valence-electron chi connectivity index (χ3n) is 3.02. The van der Waals surface area contributed by atoms with Crippen molar-refractivity contribution in [3.63, 3.8) is 0 Å². The Morgan fingerprint density at radius 3 is 2.89 bits per heavy atom. The molecule has 3 aromatic rings. The van der Waals surface area contributed by atoms with Gasteiger partial charge in [-0.1, -0.05) is 12.1 Å². The van der Waals surface area contributed by atoms with E-state index in [2.05, 4.69) is 16.0 Å². The highest BCUT2D eigenvalue weighted by Crippen LogP contribution is 2.23. The second kappa shape index (κ2) is 4.54. The molecule has 0 spiro atoms. The van der Waals surface area contributed by atoms with Gasteiger partial charge in [0, 0.05) is 12.4 Å². The monoisotopic (exact) mass is 248 g/mol. The third-order valence-corrected chi connectivity index (χ3v) is 3.02. The number of aromatic nitrogens is 3. The smallest absolute Gasteiger partial charge is 0.137 e. The zero-order valence-electron chi connectivity index (χ0n) is 10.5. The zero-order chi connectivity index (χ0) is 13.2. The first-order valence-corrected chi connectivity index (χ1v) is 6.05. The van der Waals surface area contributed by atoms with E-state index in [1.807, 2.05) is 47.9 Å². The van der Waals surface area contributed by atoms with Crippen LogP contribution in [0.5, 0.6) is 0 Å². The summed E-state index contributed by atoms with van der Waals surface area (Å²) in [5.41, 5.74) is 4.45. The Hall–Kier alpha value is -2.67. The van der Waals surface area contributed by atoms with Crippen LogP contribution in [-0.2, 0) is 6.42 Å². The standard InChI is InChI=1S/C15H12N4/c1-11-5-6-14-18-15(12-4-2-3-9-17-12)13(7-8-16)19(14)10-11/h2-6,9-10H,7H2,1H3. The van der Waals surface area contributed by atoms with E-state index in [4.69, 9.17) is 5.26 Å². The molecule has 0 radical (unpaired) electrons. The second-order valence-corrected chi connectivity index (χ2v) is 4.39. The van der Waals surface area contributed by atoms with Crippen LogP contribution < -0.4 is 0 Å². The molecule has 0 bridgehead atoms. The molecule has 0 aliphatic heterocycles. The molecule has 3 aromatic heterocycles. The van der Waals surface area contributed by atoms with Crippen molar-refractivity contribution in [2.24, 2.45) is 0 Å². The van der Waals surface area contributed by atoms with Crippen LogP contribution in [-0.4, -0.2) is 14.4 Å². The molecule has 0 fully saturated rings. The predicted octanol–water partition coefficient (Wildman–Crippen LogP) is 2.77. The van der Waals surface area contributed by atoms with Crippen molar-refractivity contribution < 1.29 is 0 Å². The Labute approximate surface area is 111 Å². The van der Waals surface area contributed by atoms with Gasteiger partial charge in [0.15, 0.2) is 0 Å². The Morgan fingerprint density at radius 2 is 2.16 bits per heavy atom. The summed E-state index contributed by atoms with van der Waals surface area (Å²) in [6.07, 6.45) is 4.05. The summed E-state index contributed by atoms with van der Waals surface area (Å²) in [7, 11) is 0. The van der Waals surface area contributed by atoms with Crippen LogP contribution >= 0.6 is 0 Å². The maximum Gasteiger partial charge on any atom is 0.137 e. The molecule has 0 atom stereocenters. The molecule has 0 saturated carbocycles. The SMILES string of the molecule is Cc1ccc2nc(-c3ccccn3)c(CC#N)n2c1. The molecule has 0 unspecified atom stereocenters. The zero-order valence-corrected chi connectivity index (χ0v) is 10.5. The topological polar surface area (TPSA) is 54.0 Å². The highest BCUT2D eigenvalue weighted by atomic mass is 15.0. The van der Waals surface area contributed by atoms with E-state index in [-0.39, 0.29) is 0 Å². The van der Waals surface area contributed by atoms with Gasteiger partial charge in [-0.3, -0.25) is 4.98 Å². The highest BCUT2D eigenvalue weighted by Gasteiger charge is 2.14. The van der Waals surface area contributed by atoms with E-state index in [0.717, 1.165) is 28.3 Å². The van der Waals surface area contributed by atoms with Gasteiger partial charge in [0.05, 0.1) is 23.9 Å². The first-order chi connectivity index (χ1) is 9.29. The molecule has 92 valence electrons. The van der Waals surface area contributed by atoms with E-state index in [0.29, 0.717) is 6.42 Å². The highest BCUT2D eigenvalue weighted by molar-refractivity contribution is 5.63. The predicted molar refractivity (Wildman–Crippen MR) is 72.5 cm³/mol. The fourth-order valence-corrected chi connectivity index (χ4v) is 2.15. The average Bonchev–Trinajstić information content (AvgIpc) is 2.79. The Morgan fingerprint density at radius 1 is 1.26 bits per heavy atom. The lowest BCUT2D eigenvalue weighted by molar-refractivity contribution is 1.04. The summed E-state index contributed by atoms with van der Waals surface area (Å²) in [4.78, 5) is 8.92. The van der Waals surface area contributed by atoms with Gasteiger partial charge in [-0.25, -0.2) is 4.98 Å². The minimum Gasteiger partial charge on any atom is -0.302 e. The largest absolute Gasteiger partial charge is 0.302 e. The summed E-state index contributed by atoms with van der Waals surface area (Å²) in [6, 6.07) is 11.9. The van der Waals surface area contributed by atoms with Crippen LogP contribution in [0, 0.1) is 18.3 Å². The summed E-state index contributed by atoms with van der Waals surface area (Å²) >= 11 is 0. The van der Waals surface area contributed by atoms with E-state index in [9.17, 15) is 0 Å². The van der Waals surface area contributed by atoms with Crippen LogP contribution in [0.25, 0.3) is 17.0 Å². The number of rotatable bonds is 2. The van der Waals surface area contributed by atoms with Crippen molar-refractivity contribution >= 4 is 5.65 Å². The van der Waals surface area contributed by atoms with E-state index < -0.39 is 0 Å². The minimum absolute atomic E-state index is 0.316. The van der Waals surface area contributed by atoms with Gasteiger partial charge >= 0.3 is 0 Å². The molecule has 0 aromatic carbocycles. The molecule has 19 heavy (non-hydrogen) atoms. The number of imidazole rings is 1. The molecule has 0 aliphatic carbocycles. The lowest BCUT2D eigenvalue weighted by atomic mass is 10.2. The molecular formula is C15H12N4. The van der Waals surface area contributed by atoms with Crippen LogP contribution in [0.2, 0.25) is 0 Å². The van der Waals surface area contributed by atoms with E-state index in [1.54, 1.807) is 6.20 Å². The quantitative estimate of drug-likeness (QED) is 0.700. The number of nitrogens with zero attached hydrogens (tertiary/aromatic N) is 4. The molecule has 0 amide bonds. The molecule has 3 heterocycles. The van der Waals surface area contributed by atoms with Crippen molar-refractivity contribution in [1.82, 2.24) is 14.4 Å². The van der Waals surface area contributed by atoms with Crippen molar-refractivity contribution in [1.29, 1.82) is 5.26 Å². The lowest BCUT2D eigenvalue weighted by Crippen LogP contribution is -1.94. The van der Waals surface area contributed by atoms with E-state index >= 15 is 0 Å². The van der Waals surface area contributed by atoms with Gasteiger partial charge in [-0.15, -0.1) is 0 Å². The summed E-state index contributed by atoms with van der Waals surface area (Å²) < 4.78 is 1.97. The van der Waals surface area contributed by atoms with Crippen LogP contribution in [0.15, 0.2) is 42.7 Å². The number of hydrogen-bond acceptors (Lipinski definition) is 3. The Bertz CT molecular complexity index is 766. The minimum atomic E-state index is 0.316. The van der Waals surface area contributed by atoms with E-state index in [1.165, 1.54) is 0 Å². The molecule has 0 aliphatic rings. The normalized spacial score (nSPS) is 10.5. The van der Waals surface area contributed by atoms with Crippen LogP contribution in [0.4, 0.5) is 0 Å². The Balaban J connectivity index is 2.30. The van der Waals surface area contributed by atoms with Gasteiger partial charge in [-0.05, 0) is 30.7 Å². The lowest BCUT2D eigenvalue weighted by Gasteiger charge is -2.01. The summed E-state index contributed by atoms with van der Waals surface area (Å²) in [5, 5.41) is 9.03. The van der Waals surface area contributed by atoms with Crippen molar-refractivity contribution in [2.75, 3.05) is 0 Å². The van der Waals surface area contributed by atoms with Crippen molar-refractivity contribution in [3.8, 4) is 17.5 Å². The Kier molecular flexibility index (Phi) is 2.73. The van der Waals surface area contributed by atoms with Gasteiger partial charge in [0.1, 0.15) is 11.3 Å². The molecule has 3 rings (SSSR count). The molecule has 0 N–H and O–H groups in total. The number of aryl methyl sites for hydroxylation is 1. The van der Waals surface area contributed by atoms with Gasteiger partial charge in [0.25, 0.3) is 0 Å². The first kappa shape index (κ1) is 11.4. The molecule has 4 nitrogen and oxygen atoms in total. The first-order valence-electron chi connectivity index (χ1n) is 6.05. The second-order valence-electron chi connectivity index (χ2n) is 4.39. The number of fused-ring (bicyclic) bond motifs is 1. The van der Waals surface area contributed by atoms with Gasteiger partial charge in [0.2, 0.25) is 0 Å². The summed E-state index contributed by atoms with van der Waals surface area (Å²) in [6.45, 7) is 2.02. The average molecular weight is 248 g/mol. The summed E-state index contributed by atoms with van der Waals surface area (Å²) in [5.74, 6) is 0. The van der Waals surface area contributed by atoms with Crippen molar-refractivity contribution in [3.05, 3.63) is 54.0 Å². The molecule has 0 saturated heterocycles. The fraction of sp³-hybridized carbons (Fsp3) is 0.133. The third kappa shape index (κ3) is 1.95.